The van der Waals surface area contributed by atoms with Crippen LogP contribution in [0.25, 0.3) is 0 Å². The molecule has 2 atom stereocenters. The van der Waals surface area contributed by atoms with E-state index >= 15 is 0 Å². The third-order valence-electron chi connectivity index (χ3n) is 5.93. The van der Waals surface area contributed by atoms with Gasteiger partial charge in [0.25, 0.3) is 0 Å². The molecule has 0 spiro atoms. The fourth-order valence-electron chi connectivity index (χ4n) is 4.90. The molecule has 0 aliphatic carbocycles. The number of rotatable bonds is 4. The molecule has 0 amide bonds. The Hall–Kier alpha value is -1.26. The maximum Gasteiger partial charge on any atom is 0.123 e. The molecule has 3 heterocycles. The van der Waals surface area contributed by atoms with Crippen molar-refractivity contribution in [3.63, 3.8) is 0 Å². The first-order chi connectivity index (χ1) is 11.3. The lowest BCUT2D eigenvalue weighted by atomic mass is 9.90. The normalized spacial score (nSPS) is 30.1. The summed E-state index contributed by atoms with van der Waals surface area (Å²) in [5.41, 5.74) is 2.67. The molecule has 2 bridgehead atoms. The monoisotopic (exact) mass is 316 g/mol. The van der Waals surface area contributed by atoms with Gasteiger partial charge in [0.2, 0.25) is 0 Å². The Morgan fingerprint density at radius 1 is 1.04 bits per heavy atom. The van der Waals surface area contributed by atoms with Crippen LogP contribution in [-0.4, -0.2) is 44.3 Å². The molecule has 0 saturated carbocycles. The Labute approximate surface area is 139 Å². The average molecular weight is 316 g/mol. The van der Waals surface area contributed by atoms with E-state index in [1.807, 2.05) is 12.1 Å². The predicted molar refractivity (Wildman–Crippen MR) is 91.2 cm³/mol. The predicted octanol–water partition coefficient (Wildman–Crippen LogP) is 2.59. The second-order valence-electron chi connectivity index (χ2n) is 7.39. The lowest BCUT2D eigenvalue weighted by Gasteiger charge is -2.36. The van der Waals surface area contributed by atoms with E-state index in [9.17, 15) is 0 Å². The number of hydrogen-bond donors (Lipinski definition) is 1. The zero-order valence-corrected chi connectivity index (χ0v) is 14.3. The van der Waals surface area contributed by atoms with Crippen molar-refractivity contribution in [1.29, 1.82) is 0 Å². The Kier molecular flexibility index (Phi) is 4.20. The van der Waals surface area contributed by atoms with Gasteiger partial charge in [-0.3, -0.25) is 4.90 Å². The molecule has 0 radical (unpaired) electrons. The van der Waals surface area contributed by atoms with Gasteiger partial charge in [0.15, 0.2) is 0 Å². The number of ether oxygens (including phenoxy) is 2. The van der Waals surface area contributed by atoms with Crippen LogP contribution in [0.1, 0.15) is 36.8 Å². The third kappa shape index (κ3) is 2.94. The molecule has 1 aromatic carbocycles. The zero-order valence-electron chi connectivity index (χ0n) is 14.3. The fourth-order valence-corrected chi connectivity index (χ4v) is 4.90. The van der Waals surface area contributed by atoms with E-state index in [1.165, 1.54) is 43.4 Å². The smallest absolute Gasteiger partial charge is 0.123 e. The van der Waals surface area contributed by atoms with E-state index in [1.54, 1.807) is 14.2 Å². The standard InChI is InChI=1S/C19H28N2O2/c1-22-18-5-6-19(23-2)17-12-21(8-7-16(17)18)11-13-9-14-3-4-15(10-13)20-14/h5-6,13-15,20H,3-4,7-12H2,1-2H3. The summed E-state index contributed by atoms with van der Waals surface area (Å²) in [6.07, 6.45) is 6.54. The summed E-state index contributed by atoms with van der Waals surface area (Å²) < 4.78 is 11.2. The molecule has 3 aliphatic rings. The van der Waals surface area contributed by atoms with Gasteiger partial charge < -0.3 is 14.8 Å². The average Bonchev–Trinajstić information content (AvgIpc) is 2.92. The number of benzene rings is 1. The number of nitrogens with one attached hydrogen (secondary N) is 1. The molecule has 2 fully saturated rings. The van der Waals surface area contributed by atoms with Gasteiger partial charge in [-0.25, -0.2) is 0 Å². The topological polar surface area (TPSA) is 33.7 Å². The van der Waals surface area contributed by atoms with Crippen molar-refractivity contribution in [3.8, 4) is 11.5 Å². The van der Waals surface area contributed by atoms with Crippen molar-refractivity contribution in [3.05, 3.63) is 23.3 Å². The van der Waals surface area contributed by atoms with Crippen LogP contribution in [0.15, 0.2) is 12.1 Å². The summed E-state index contributed by atoms with van der Waals surface area (Å²) in [5.74, 6) is 2.88. The molecule has 0 aromatic heterocycles. The van der Waals surface area contributed by atoms with E-state index in [2.05, 4.69) is 10.2 Å². The summed E-state index contributed by atoms with van der Waals surface area (Å²) >= 11 is 0. The maximum atomic E-state index is 5.60. The van der Waals surface area contributed by atoms with Gasteiger partial charge in [-0.05, 0) is 50.2 Å². The van der Waals surface area contributed by atoms with Crippen molar-refractivity contribution in [2.75, 3.05) is 27.3 Å². The van der Waals surface area contributed by atoms with Crippen molar-refractivity contribution in [2.24, 2.45) is 5.92 Å². The minimum Gasteiger partial charge on any atom is -0.496 e. The van der Waals surface area contributed by atoms with Crippen molar-refractivity contribution < 1.29 is 9.47 Å². The maximum absolute atomic E-state index is 5.60. The quantitative estimate of drug-likeness (QED) is 0.926. The van der Waals surface area contributed by atoms with E-state index in [4.69, 9.17) is 9.47 Å². The van der Waals surface area contributed by atoms with Crippen molar-refractivity contribution in [2.45, 2.75) is 50.7 Å². The molecule has 1 aromatic rings. The second kappa shape index (κ2) is 6.33. The van der Waals surface area contributed by atoms with Crippen LogP contribution in [0.5, 0.6) is 11.5 Å². The largest absolute Gasteiger partial charge is 0.496 e. The first kappa shape index (κ1) is 15.3. The van der Waals surface area contributed by atoms with Gasteiger partial charge in [-0.2, -0.15) is 0 Å². The van der Waals surface area contributed by atoms with Crippen LogP contribution >= 0.6 is 0 Å². The molecule has 2 unspecified atom stereocenters. The third-order valence-corrected chi connectivity index (χ3v) is 5.93. The van der Waals surface area contributed by atoms with Gasteiger partial charge in [0, 0.05) is 42.8 Å². The van der Waals surface area contributed by atoms with Crippen LogP contribution in [-0.2, 0) is 13.0 Å². The van der Waals surface area contributed by atoms with E-state index in [-0.39, 0.29) is 0 Å². The molecule has 4 heteroatoms. The highest BCUT2D eigenvalue weighted by molar-refractivity contribution is 5.49. The molecule has 23 heavy (non-hydrogen) atoms. The van der Waals surface area contributed by atoms with Crippen molar-refractivity contribution >= 4 is 0 Å². The summed E-state index contributed by atoms with van der Waals surface area (Å²) in [6, 6.07) is 5.65. The number of piperidine rings is 1. The Morgan fingerprint density at radius 2 is 1.70 bits per heavy atom. The fraction of sp³-hybridized carbons (Fsp3) is 0.684. The molecular weight excluding hydrogens is 288 g/mol. The van der Waals surface area contributed by atoms with Gasteiger partial charge in [0.05, 0.1) is 14.2 Å². The molecule has 1 N–H and O–H groups in total. The van der Waals surface area contributed by atoms with E-state index in [0.29, 0.717) is 0 Å². The Morgan fingerprint density at radius 3 is 2.35 bits per heavy atom. The van der Waals surface area contributed by atoms with Crippen LogP contribution in [0.2, 0.25) is 0 Å². The summed E-state index contributed by atoms with van der Waals surface area (Å²) in [5, 5.41) is 3.75. The summed E-state index contributed by atoms with van der Waals surface area (Å²) in [7, 11) is 3.53. The highest BCUT2D eigenvalue weighted by Crippen LogP contribution is 2.36. The zero-order chi connectivity index (χ0) is 15.8. The highest BCUT2D eigenvalue weighted by atomic mass is 16.5. The first-order valence-electron chi connectivity index (χ1n) is 8.98. The number of fused-ring (bicyclic) bond motifs is 3. The van der Waals surface area contributed by atoms with Gasteiger partial charge >= 0.3 is 0 Å². The van der Waals surface area contributed by atoms with Gasteiger partial charge in [-0.1, -0.05) is 0 Å². The van der Waals surface area contributed by atoms with Crippen LogP contribution < -0.4 is 14.8 Å². The number of hydrogen-bond acceptors (Lipinski definition) is 4. The Bertz CT molecular complexity index is 563. The summed E-state index contributed by atoms with van der Waals surface area (Å²) in [6.45, 7) is 3.36. The van der Waals surface area contributed by atoms with Crippen LogP contribution in [0.4, 0.5) is 0 Å². The van der Waals surface area contributed by atoms with E-state index < -0.39 is 0 Å². The first-order valence-corrected chi connectivity index (χ1v) is 8.98. The molecule has 126 valence electrons. The molecule has 4 rings (SSSR count). The minimum atomic E-state index is 0.783. The van der Waals surface area contributed by atoms with Gasteiger partial charge in [-0.15, -0.1) is 0 Å². The highest BCUT2D eigenvalue weighted by Gasteiger charge is 2.34. The molecule has 2 saturated heterocycles. The molecular formula is C19H28N2O2. The molecule has 3 aliphatic heterocycles. The lowest BCUT2D eigenvalue weighted by molar-refractivity contribution is 0.171. The minimum absolute atomic E-state index is 0.783. The van der Waals surface area contributed by atoms with Crippen LogP contribution in [0.3, 0.4) is 0 Å². The SMILES string of the molecule is COc1ccc(OC)c2c1CCN(CC1CC3CCC(C1)N3)C2. The number of methoxy groups -OCH3 is 2. The van der Waals surface area contributed by atoms with Crippen LogP contribution in [0, 0.1) is 5.92 Å². The van der Waals surface area contributed by atoms with E-state index in [0.717, 1.165) is 49.0 Å². The van der Waals surface area contributed by atoms with Gasteiger partial charge in [0.1, 0.15) is 11.5 Å². The second-order valence-corrected chi connectivity index (χ2v) is 7.39. The van der Waals surface area contributed by atoms with Crippen molar-refractivity contribution in [1.82, 2.24) is 10.2 Å². The lowest BCUT2D eigenvalue weighted by Crippen LogP contribution is -2.43. The number of nitrogens with zero attached hydrogens (tertiary/aromatic N) is 1. The Balaban J connectivity index is 1.48. The molecule has 4 nitrogen and oxygen atoms in total. The summed E-state index contributed by atoms with van der Waals surface area (Å²) in [4.78, 5) is 2.62.